The molecule has 4 heterocycles. The third-order valence-electron chi connectivity index (χ3n) is 4.10. The van der Waals surface area contributed by atoms with Crippen LogP contribution in [-0.4, -0.2) is 59.7 Å². The Kier molecular flexibility index (Phi) is 4.50. The van der Waals surface area contributed by atoms with Gasteiger partial charge in [0.05, 0.1) is 29.4 Å². The number of hydrogen-bond donors (Lipinski definition) is 2. The van der Waals surface area contributed by atoms with Crippen LogP contribution in [0.15, 0.2) is 23.6 Å². The Morgan fingerprint density at radius 2 is 2.30 bits per heavy atom. The number of hydrazone groups is 1. The second-order valence-corrected chi connectivity index (χ2v) is 7.10. The number of hydrogen-bond acceptors (Lipinski definition) is 8. The van der Waals surface area contributed by atoms with Gasteiger partial charge in [-0.25, -0.2) is 4.98 Å². The van der Waals surface area contributed by atoms with Crippen molar-refractivity contribution in [2.45, 2.75) is 13.0 Å². The molecule has 138 valence electrons. The van der Waals surface area contributed by atoms with Crippen LogP contribution < -0.4 is 0 Å². The van der Waals surface area contributed by atoms with Gasteiger partial charge in [0.1, 0.15) is 10.7 Å². The summed E-state index contributed by atoms with van der Waals surface area (Å²) in [5.74, 6) is 0. The first-order valence-corrected chi connectivity index (χ1v) is 8.98. The van der Waals surface area contributed by atoms with Crippen LogP contribution in [0.3, 0.4) is 0 Å². The number of aldehydes is 1. The van der Waals surface area contributed by atoms with E-state index in [9.17, 15) is 4.79 Å². The summed E-state index contributed by atoms with van der Waals surface area (Å²) >= 11 is 1.55. The number of aromatic amines is 2. The molecule has 11 heteroatoms. The number of aromatic nitrogens is 7. The lowest BCUT2D eigenvalue weighted by molar-refractivity contribution is 0.111. The van der Waals surface area contributed by atoms with E-state index in [1.807, 2.05) is 20.2 Å². The molecule has 0 atom stereocenters. The first-order valence-electron chi connectivity index (χ1n) is 8.17. The van der Waals surface area contributed by atoms with E-state index < -0.39 is 0 Å². The lowest BCUT2D eigenvalue weighted by Gasteiger charge is -2.09. The predicted molar refractivity (Wildman–Crippen MR) is 101 cm³/mol. The summed E-state index contributed by atoms with van der Waals surface area (Å²) in [6, 6.07) is 1.92. The van der Waals surface area contributed by atoms with Gasteiger partial charge in [-0.05, 0) is 6.07 Å². The van der Waals surface area contributed by atoms with Crippen molar-refractivity contribution in [3.63, 3.8) is 0 Å². The summed E-state index contributed by atoms with van der Waals surface area (Å²) in [6.07, 6.45) is 6.56. The molecule has 0 unspecified atom stereocenters. The van der Waals surface area contributed by atoms with E-state index >= 15 is 0 Å². The molecule has 0 bridgehead atoms. The first kappa shape index (κ1) is 17.1. The summed E-state index contributed by atoms with van der Waals surface area (Å²) < 4.78 is 2.74. The maximum absolute atomic E-state index is 11.6. The van der Waals surface area contributed by atoms with Gasteiger partial charge in [0, 0.05) is 38.0 Å². The largest absolute Gasteiger partial charge is 0.325 e. The van der Waals surface area contributed by atoms with Crippen LogP contribution in [0.25, 0.3) is 10.3 Å². The maximum atomic E-state index is 11.6. The molecule has 0 aromatic carbocycles. The minimum absolute atomic E-state index is 0.507. The van der Waals surface area contributed by atoms with Crippen LogP contribution in [-0.2, 0) is 20.0 Å². The van der Waals surface area contributed by atoms with E-state index in [4.69, 9.17) is 0 Å². The zero-order valence-electron chi connectivity index (χ0n) is 14.7. The van der Waals surface area contributed by atoms with Gasteiger partial charge in [-0.1, -0.05) is 0 Å². The zero-order chi connectivity index (χ0) is 18.8. The molecule has 4 rings (SSSR count). The Hall–Kier alpha value is -3.34. The van der Waals surface area contributed by atoms with Gasteiger partial charge in [-0.15, -0.1) is 11.3 Å². The van der Waals surface area contributed by atoms with E-state index in [2.05, 4.69) is 35.7 Å². The molecule has 0 amide bonds. The lowest BCUT2D eigenvalue weighted by Crippen LogP contribution is -2.11. The molecule has 0 saturated heterocycles. The normalized spacial score (nSPS) is 11.6. The van der Waals surface area contributed by atoms with Crippen molar-refractivity contribution in [3.8, 4) is 0 Å². The number of fused-ring (bicyclic) bond motifs is 1. The summed E-state index contributed by atoms with van der Waals surface area (Å²) in [6.45, 7) is 0.507. The number of rotatable bonds is 7. The van der Waals surface area contributed by atoms with Crippen molar-refractivity contribution in [2.75, 3.05) is 7.05 Å². The third kappa shape index (κ3) is 3.36. The number of carbonyl (C=O) groups is 1. The Labute approximate surface area is 157 Å². The van der Waals surface area contributed by atoms with Crippen molar-refractivity contribution in [2.24, 2.45) is 12.1 Å². The van der Waals surface area contributed by atoms with Gasteiger partial charge in [0.2, 0.25) is 0 Å². The van der Waals surface area contributed by atoms with Crippen molar-refractivity contribution in [3.05, 3.63) is 46.1 Å². The lowest BCUT2D eigenvalue weighted by atomic mass is 10.3. The van der Waals surface area contributed by atoms with E-state index in [0.717, 1.165) is 38.6 Å². The van der Waals surface area contributed by atoms with Crippen molar-refractivity contribution in [1.29, 1.82) is 0 Å². The molecule has 0 aliphatic rings. The molecular weight excluding hydrogens is 366 g/mol. The van der Waals surface area contributed by atoms with Crippen LogP contribution in [0.1, 0.15) is 32.4 Å². The molecule has 4 aromatic rings. The molecule has 0 aliphatic carbocycles. The summed E-state index contributed by atoms with van der Waals surface area (Å²) in [5.41, 5.74) is 3.87. The zero-order valence-corrected chi connectivity index (χ0v) is 15.6. The standard InChI is InChI=1S/C16H17N9OS/c1-24(8-11-6-18-23-22-11)19-7-12-13(9-26)25(2)16-15(12)27-14(20-16)5-10-3-4-17-21-10/h3-4,6-7,9H,5,8H2,1-2H3,(H,17,21)(H,18,22,23)/b19-7-. The average Bonchev–Trinajstić information content (AvgIpc) is 3.42. The molecule has 10 nitrogen and oxygen atoms in total. The van der Waals surface area contributed by atoms with E-state index in [1.54, 1.807) is 39.5 Å². The van der Waals surface area contributed by atoms with E-state index in [1.165, 1.54) is 0 Å². The van der Waals surface area contributed by atoms with E-state index in [0.29, 0.717) is 18.7 Å². The van der Waals surface area contributed by atoms with Crippen molar-refractivity contribution < 1.29 is 4.79 Å². The fourth-order valence-corrected chi connectivity index (χ4v) is 3.93. The summed E-state index contributed by atoms with van der Waals surface area (Å²) in [5, 5.41) is 24.4. The van der Waals surface area contributed by atoms with Gasteiger partial charge >= 0.3 is 0 Å². The fourth-order valence-electron chi connectivity index (χ4n) is 2.79. The molecule has 2 N–H and O–H groups in total. The Balaban J connectivity index is 1.64. The van der Waals surface area contributed by atoms with Crippen LogP contribution in [0.4, 0.5) is 0 Å². The monoisotopic (exact) mass is 383 g/mol. The highest BCUT2D eigenvalue weighted by molar-refractivity contribution is 7.19. The average molecular weight is 383 g/mol. The molecule has 0 aliphatic heterocycles. The molecular formula is C16H17N9OS. The number of nitrogens with zero attached hydrogens (tertiary/aromatic N) is 7. The van der Waals surface area contributed by atoms with Gasteiger partial charge in [-0.3, -0.25) is 14.9 Å². The molecule has 0 fully saturated rings. The van der Waals surface area contributed by atoms with Gasteiger partial charge in [-0.2, -0.15) is 25.6 Å². The van der Waals surface area contributed by atoms with Gasteiger partial charge < -0.3 is 4.57 Å². The number of carbonyl (C=O) groups excluding carboxylic acids is 1. The predicted octanol–water partition coefficient (Wildman–Crippen LogP) is 1.35. The summed E-state index contributed by atoms with van der Waals surface area (Å²) in [4.78, 5) is 16.3. The van der Waals surface area contributed by atoms with Crippen molar-refractivity contribution >= 4 is 34.2 Å². The Bertz CT molecular complexity index is 1080. The van der Waals surface area contributed by atoms with Crippen LogP contribution in [0.2, 0.25) is 0 Å². The van der Waals surface area contributed by atoms with Crippen molar-refractivity contribution in [1.82, 2.24) is 40.2 Å². The smallest absolute Gasteiger partial charge is 0.167 e. The number of nitrogens with one attached hydrogen (secondary N) is 2. The second-order valence-electron chi connectivity index (χ2n) is 6.02. The SMILES string of the molecule is CN(Cc1cn[nH]n1)/N=C\c1c(C=O)n(C)c2nc(Cc3ccn[nH]3)sc12. The Morgan fingerprint density at radius 1 is 1.41 bits per heavy atom. The van der Waals surface area contributed by atoms with Gasteiger partial charge in [0.25, 0.3) is 0 Å². The van der Waals surface area contributed by atoms with Crippen LogP contribution in [0.5, 0.6) is 0 Å². The van der Waals surface area contributed by atoms with Gasteiger partial charge in [0.15, 0.2) is 11.9 Å². The highest BCUT2D eigenvalue weighted by Gasteiger charge is 2.18. The number of H-pyrrole nitrogens is 2. The third-order valence-corrected chi connectivity index (χ3v) is 5.18. The molecule has 0 saturated carbocycles. The van der Waals surface area contributed by atoms with E-state index in [-0.39, 0.29) is 0 Å². The highest BCUT2D eigenvalue weighted by Crippen LogP contribution is 2.30. The summed E-state index contributed by atoms with van der Waals surface area (Å²) in [7, 11) is 3.67. The first-order chi connectivity index (χ1) is 13.2. The maximum Gasteiger partial charge on any atom is 0.167 e. The number of thiazole rings is 1. The topological polar surface area (TPSA) is 121 Å². The fraction of sp³-hybridized carbons (Fsp3) is 0.250. The molecule has 0 radical (unpaired) electrons. The highest BCUT2D eigenvalue weighted by atomic mass is 32.1. The second kappa shape index (κ2) is 7.11. The molecule has 0 spiro atoms. The minimum atomic E-state index is 0.507. The number of aryl methyl sites for hydroxylation is 1. The minimum Gasteiger partial charge on any atom is -0.325 e. The van der Waals surface area contributed by atoms with Crippen LogP contribution >= 0.6 is 11.3 Å². The van der Waals surface area contributed by atoms with Crippen LogP contribution in [0, 0.1) is 0 Å². The quantitative estimate of drug-likeness (QED) is 0.282. The Morgan fingerprint density at radius 3 is 3.00 bits per heavy atom. The molecule has 4 aromatic heterocycles. The molecule has 27 heavy (non-hydrogen) atoms.